The van der Waals surface area contributed by atoms with Crippen molar-refractivity contribution in [2.24, 2.45) is 0 Å². The molecule has 0 saturated carbocycles. The van der Waals surface area contributed by atoms with E-state index in [1.165, 1.54) is 0 Å². The number of fused-ring (bicyclic) bond motifs is 2. The molecular formula is C14H14N4O3S. The maximum Gasteiger partial charge on any atom is 0.221 e. The summed E-state index contributed by atoms with van der Waals surface area (Å²) in [6.45, 7) is 0.512. The van der Waals surface area contributed by atoms with E-state index in [9.17, 15) is 4.79 Å². The van der Waals surface area contributed by atoms with E-state index in [0.29, 0.717) is 24.2 Å². The van der Waals surface area contributed by atoms with Gasteiger partial charge in [-0.1, -0.05) is 18.2 Å². The largest absolute Gasteiger partial charge is 0.346 e. The van der Waals surface area contributed by atoms with E-state index < -0.39 is 6.29 Å². The fourth-order valence-electron chi connectivity index (χ4n) is 2.88. The molecule has 1 aromatic heterocycles. The van der Waals surface area contributed by atoms with Gasteiger partial charge in [-0.05, 0) is 41.2 Å². The fraction of sp³-hybridized carbons (Fsp3) is 0.429. The zero-order valence-electron chi connectivity index (χ0n) is 11.7. The van der Waals surface area contributed by atoms with Crippen molar-refractivity contribution >= 4 is 18.0 Å². The second-order valence-corrected chi connectivity index (χ2v) is 5.72. The summed E-state index contributed by atoms with van der Waals surface area (Å²) >= 11 is 5.48. The lowest BCUT2D eigenvalue weighted by molar-refractivity contribution is -0.234. The van der Waals surface area contributed by atoms with Crippen LogP contribution in [0.15, 0.2) is 30.3 Å². The summed E-state index contributed by atoms with van der Waals surface area (Å²) in [5.74, 6) is -0.0721. The number of aromatic nitrogens is 4. The van der Waals surface area contributed by atoms with Gasteiger partial charge < -0.3 is 9.47 Å². The molecule has 3 atom stereocenters. The Bertz CT molecular complexity index is 757. The molecule has 0 N–H and O–H groups in total. The summed E-state index contributed by atoms with van der Waals surface area (Å²) in [6, 6.07) is 9.33. The normalized spacial score (nSPS) is 27.8. The minimum absolute atomic E-state index is 0.0721. The molecule has 2 saturated heterocycles. The lowest BCUT2D eigenvalue weighted by atomic mass is 9.97. The number of ether oxygens (including phenoxy) is 2. The number of para-hydroxylation sites is 1. The molecule has 0 unspecified atom stereocenters. The van der Waals surface area contributed by atoms with Crippen molar-refractivity contribution in [2.45, 2.75) is 31.3 Å². The van der Waals surface area contributed by atoms with Crippen molar-refractivity contribution in [1.82, 2.24) is 19.8 Å². The van der Waals surface area contributed by atoms with Gasteiger partial charge in [-0.15, -0.1) is 0 Å². The first-order valence-electron chi connectivity index (χ1n) is 7.14. The number of hydrogen-bond donors (Lipinski definition) is 0. The first-order valence-corrected chi connectivity index (χ1v) is 7.54. The van der Waals surface area contributed by atoms with Crippen LogP contribution in [0, 0.1) is 4.77 Å². The molecule has 3 heterocycles. The van der Waals surface area contributed by atoms with Gasteiger partial charge in [-0.25, -0.2) is 4.68 Å². The highest BCUT2D eigenvalue weighted by Crippen LogP contribution is 2.32. The second kappa shape index (κ2) is 5.38. The zero-order chi connectivity index (χ0) is 15.1. The summed E-state index contributed by atoms with van der Waals surface area (Å²) in [6.07, 6.45) is 0.170. The summed E-state index contributed by atoms with van der Waals surface area (Å²) in [4.78, 5) is 12.0. The first-order chi connectivity index (χ1) is 10.7. The number of benzene rings is 1. The molecule has 7 nitrogen and oxygen atoms in total. The van der Waals surface area contributed by atoms with Crippen molar-refractivity contribution in [3.63, 3.8) is 0 Å². The van der Waals surface area contributed by atoms with E-state index in [-0.39, 0.29) is 17.9 Å². The van der Waals surface area contributed by atoms with E-state index in [2.05, 4.69) is 10.4 Å². The Hall–Kier alpha value is -1.90. The van der Waals surface area contributed by atoms with Crippen molar-refractivity contribution in [3.8, 4) is 5.69 Å². The predicted molar refractivity (Wildman–Crippen MR) is 78.1 cm³/mol. The van der Waals surface area contributed by atoms with Gasteiger partial charge in [0.15, 0.2) is 5.78 Å². The molecule has 2 aromatic rings. The highest BCUT2D eigenvalue weighted by atomic mass is 32.1. The Kier molecular flexibility index (Phi) is 3.36. The van der Waals surface area contributed by atoms with Crippen LogP contribution >= 0.6 is 12.2 Å². The van der Waals surface area contributed by atoms with Crippen LogP contribution in [0.2, 0.25) is 0 Å². The van der Waals surface area contributed by atoms with Crippen LogP contribution in [-0.4, -0.2) is 44.6 Å². The smallest absolute Gasteiger partial charge is 0.221 e. The Labute approximate surface area is 131 Å². The standard InChI is InChI=1S/C14H14N4O3S/c19-11-8-10(12-6-7-20-13(11)21-12)18-14(22)17(15-16-18)9-4-2-1-3-5-9/h1-5,10,12-13H,6-8H2/t10-,12-,13+/m1/s1. The van der Waals surface area contributed by atoms with E-state index in [1.807, 2.05) is 30.3 Å². The predicted octanol–water partition coefficient (Wildman–Crippen LogP) is 1.44. The van der Waals surface area contributed by atoms with Crippen molar-refractivity contribution in [2.75, 3.05) is 6.61 Å². The maximum atomic E-state index is 12.0. The average molecular weight is 318 g/mol. The van der Waals surface area contributed by atoms with Crippen LogP contribution in [0.25, 0.3) is 5.69 Å². The molecule has 2 aliphatic heterocycles. The summed E-state index contributed by atoms with van der Waals surface area (Å²) in [5.41, 5.74) is 0.839. The molecule has 2 fully saturated rings. The molecule has 0 radical (unpaired) electrons. The van der Waals surface area contributed by atoms with Crippen LogP contribution in [0.3, 0.4) is 0 Å². The van der Waals surface area contributed by atoms with Crippen LogP contribution in [0.5, 0.6) is 0 Å². The number of Topliss-reactive ketones (excluding diaryl/α,β-unsaturated/α-hetero) is 1. The highest BCUT2D eigenvalue weighted by molar-refractivity contribution is 7.71. The molecule has 22 heavy (non-hydrogen) atoms. The number of tetrazole rings is 1. The van der Waals surface area contributed by atoms with E-state index >= 15 is 0 Å². The summed E-state index contributed by atoms with van der Waals surface area (Å²) < 4.78 is 14.6. The summed E-state index contributed by atoms with van der Waals surface area (Å²) in [7, 11) is 0. The van der Waals surface area contributed by atoms with E-state index in [4.69, 9.17) is 21.7 Å². The van der Waals surface area contributed by atoms with Crippen LogP contribution < -0.4 is 0 Å². The van der Waals surface area contributed by atoms with Gasteiger partial charge in [0.05, 0.1) is 24.4 Å². The quantitative estimate of drug-likeness (QED) is 0.780. The first kappa shape index (κ1) is 13.7. The van der Waals surface area contributed by atoms with Gasteiger partial charge in [0.2, 0.25) is 11.1 Å². The molecule has 0 aliphatic carbocycles. The monoisotopic (exact) mass is 318 g/mol. The van der Waals surface area contributed by atoms with E-state index in [0.717, 1.165) is 5.69 Å². The molecule has 0 amide bonds. The topological polar surface area (TPSA) is 71.2 Å². The minimum atomic E-state index is -0.728. The minimum Gasteiger partial charge on any atom is -0.346 e. The second-order valence-electron chi connectivity index (χ2n) is 5.36. The molecule has 114 valence electrons. The van der Waals surface area contributed by atoms with Gasteiger partial charge in [-0.3, -0.25) is 4.79 Å². The molecular weight excluding hydrogens is 304 g/mol. The SMILES string of the molecule is O=C1C[C@@H](n2nnn(-c3ccccc3)c2=S)[C@H]2CCO[C@H]1O2. The molecule has 4 rings (SSSR count). The van der Waals surface area contributed by atoms with Crippen LogP contribution in [-0.2, 0) is 14.3 Å². The number of rotatable bonds is 2. The number of carbonyl (C=O) groups is 1. The molecule has 8 heteroatoms. The summed E-state index contributed by atoms with van der Waals surface area (Å²) in [5, 5.41) is 8.27. The van der Waals surface area contributed by atoms with Crippen molar-refractivity contribution in [1.29, 1.82) is 0 Å². The van der Waals surface area contributed by atoms with Crippen molar-refractivity contribution in [3.05, 3.63) is 35.1 Å². The number of ketones is 1. The third-order valence-corrected chi connectivity index (χ3v) is 4.35. The van der Waals surface area contributed by atoms with Gasteiger partial charge in [0.25, 0.3) is 0 Å². The van der Waals surface area contributed by atoms with Gasteiger partial charge in [0, 0.05) is 6.42 Å². The zero-order valence-corrected chi connectivity index (χ0v) is 12.5. The highest BCUT2D eigenvalue weighted by Gasteiger charge is 2.42. The average Bonchev–Trinajstić information content (AvgIpc) is 2.94. The van der Waals surface area contributed by atoms with Gasteiger partial charge in [-0.2, -0.15) is 4.68 Å². The van der Waals surface area contributed by atoms with Crippen LogP contribution in [0.4, 0.5) is 0 Å². The Morgan fingerprint density at radius 3 is 2.86 bits per heavy atom. The van der Waals surface area contributed by atoms with E-state index in [1.54, 1.807) is 9.36 Å². The number of nitrogens with zero attached hydrogens (tertiary/aromatic N) is 4. The maximum absolute atomic E-state index is 12.0. The number of carbonyl (C=O) groups excluding carboxylic acids is 1. The molecule has 2 aliphatic rings. The van der Waals surface area contributed by atoms with Gasteiger partial charge in [0.1, 0.15) is 0 Å². The Morgan fingerprint density at radius 2 is 2.05 bits per heavy atom. The fourth-order valence-corrected chi connectivity index (χ4v) is 3.20. The lowest BCUT2D eigenvalue weighted by Crippen LogP contribution is -2.48. The van der Waals surface area contributed by atoms with Crippen molar-refractivity contribution < 1.29 is 14.3 Å². The van der Waals surface area contributed by atoms with Crippen LogP contribution in [0.1, 0.15) is 18.9 Å². The Balaban J connectivity index is 1.70. The molecule has 1 aromatic carbocycles. The third kappa shape index (κ3) is 2.20. The molecule has 2 bridgehead atoms. The molecule has 0 spiro atoms. The Morgan fingerprint density at radius 1 is 1.23 bits per heavy atom. The number of hydrogen-bond acceptors (Lipinski definition) is 6. The third-order valence-electron chi connectivity index (χ3n) is 3.99. The lowest BCUT2D eigenvalue weighted by Gasteiger charge is -2.38. The van der Waals surface area contributed by atoms with Gasteiger partial charge >= 0.3 is 0 Å².